The number of rotatable bonds is 1. The molecule has 0 bridgehead atoms. The van der Waals surface area contributed by atoms with E-state index in [2.05, 4.69) is 25.8 Å². The predicted octanol–water partition coefficient (Wildman–Crippen LogP) is 3.20. The van der Waals surface area contributed by atoms with Crippen molar-refractivity contribution in [2.24, 2.45) is 5.92 Å². The number of nitrogen functional groups attached to an aromatic ring is 1. The van der Waals surface area contributed by atoms with E-state index in [1.807, 2.05) is 6.20 Å². The summed E-state index contributed by atoms with van der Waals surface area (Å²) in [6.45, 7) is 1.13. The lowest BCUT2D eigenvalue weighted by Gasteiger charge is -2.40. The Morgan fingerprint density at radius 2 is 2.06 bits per heavy atom. The topological polar surface area (TPSA) is 42.1 Å². The number of nitrogens with zero attached hydrogens (tertiary/aromatic N) is 2. The summed E-state index contributed by atoms with van der Waals surface area (Å²) >= 11 is 3.60. The van der Waals surface area contributed by atoms with Gasteiger partial charge in [0.25, 0.3) is 0 Å². The van der Waals surface area contributed by atoms with Gasteiger partial charge in [0.15, 0.2) is 0 Å². The fraction of sp³-hybridized carbons (Fsp3) is 0.615. The third-order valence-electron chi connectivity index (χ3n) is 4.18. The number of anilines is 2. The predicted molar refractivity (Wildman–Crippen MR) is 74.1 cm³/mol. The maximum atomic E-state index is 6.10. The van der Waals surface area contributed by atoms with E-state index in [1.165, 1.54) is 32.1 Å². The Morgan fingerprint density at radius 3 is 2.88 bits per heavy atom. The summed E-state index contributed by atoms with van der Waals surface area (Å²) in [5.74, 6) is 0.878. The number of nitrogens with two attached hydrogens (primary N) is 1. The fourth-order valence-corrected chi connectivity index (χ4v) is 4.05. The minimum absolute atomic E-state index is 0.699. The van der Waals surface area contributed by atoms with Gasteiger partial charge in [-0.3, -0.25) is 4.98 Å². The highest BCUT2D eigenvalue weighted by Gasteiger charge is 2.36. The lowest BCUT2D eigenvalue weighted by molar-refractivity contribution is 0.362. The molecule has 0 amide bonds. The Kier molecular flexibility index (Phi) is 2.99. The van der Waals surface area contributed by atoms with Gasteiger partial charge < -0.3 is 10.6 Å². The van der Waals surface area contributed by atoms with Crippen LogP contribution in [0.2, 0.25) is 0 Å². The molecule has 92 valence electrons. The highest BCUT2D eigenvalue weighted by atomic mass is 79.9. The first kappa shape index (κ1) is 11.3. The van der Waals surface area contributed by atoms with E-state index < -0.39 is 0 Å². The van der Waals surface area contributed by atoms with Crippen LogP contribution in [0.15, 0.2) is 16.9 Å². The van der Waals surface area contributed by atoms with Gasteiger partial charge in [0.05, 0.1) is 22.0 Å². The lowest BCUT2D eigenvalue weighted by Crippen LogP contribution is -2.43. The SMILES string of the molecule is Nc1cncc(Br)c1N1CCCC2CCCC21. The second-order valence-corrected chi connectivity index (χ2v) is 6.01. The van der Waals surface area contributed by atoms with E-state index in [1.54, 1.807) is 6.20 Å². The van der Waals surface area contributed by atoms with Crippen LogP contribution in [0.3, 0.4) is 0 Å². The van der Waals surface area contributed by atoms with Crippen LogP contribution in [-0.4, -0.2) is 17.6 Å². The van der Waals surface area contributed by atoms with Gasteiger partial charge >= 0.3 is 0 Å². The average Bonchev–Trinajstić information content (AvgIpc) is 2.77. The summed E-state index contributed by atoms with van der Waals surface area (Å²) in [6, 6.07) is 0.699. The smallest absolute Gasteiger partial charge is 0.0778 e. The van der Waals surface area contributed by atoms with Crippen molar-refractivity contribution in [2.45, 2.75) is 38.1 Å². The highest BCUT2D eigenvalue weighted by Crippen LogP contribution is 2.42. The van der Waals surface area contributed by atoms with E-state index in [9.17, 15) is 0 Å². The molecular formula is C13H18BrN3. The molecule has 2 N–H and O–H groups in total. The van der Waals surface area contributed by atoms with E-state index in [0.717, 1.165) is 28.3 Å². The first-order valence-electron chi connectivity index (χ1n) is 6.43. The van der Waals surface area contributed by atoms with Crippen molar-refractivity contribution < 1.29 is 0 Å². The summed E-state index contributed by atoms with van der Waals surface area (Å²) in [7, 11) is 0. The van der Waals surface area contributed by atoms with Gasteiger partial charge in [-0.1, -0.05) is 6.42 Å². The molecule has 1 aliphatic carbocycles. The third kappa shape index (κ3) is 1.92. The minimum Gasteiger partial charge on any atom is -0.396 e. The molecule has 2 heterocycles. The Bertz CT molecular complexity index is 401. The van der Waals surface area contributed by atoms with Crippen LogP contribution in [0.1, 0.15) is 32.1 Å². The quantitative estimate of drug-likeness (QED) is 0.865. The first-order valence-corrected chi connectivity index (χ1v) is 7.22. The highest BCUT2D eigenvalue weighted by molar-refractivity contribution is 9.10. The van der Waals surface area contributed by atoms with Crippen molar-refractivity contribution in [3.05, 3.63) is 16.9 Å². The molecule has 2 unspecified atom stereocenters. The van der Waals surface area contributed by atoms with Gasteiger partial charge in [0, 0.05) is 18.8 Å². The maximum absolute atomic E-state index is 6.10. The molecule has 4 heteroatoms. The molecule has 1 saturated heterocycles. The van der Waals surface area contributed by atoms with Crippen LogP contribution >= 0.6 is 15.9 Å². The number of halogens is 1. The van der Waals surface area contributed by atoms with Crippen molar-refractivity contribution in [1.82, 2.24) is 4.98 Å². The standard InChI is InChI=1S/C13H18BrN3/c14-10-7-16-8-11(15)13(10)17-6-2-4-9-3-1-5-12(9)17/h7-9,12H,1-6,15H2. The zero-order chi connectivity index (χ0) is 11.8. The largest absolute Gasteiger partial charge is 0.396 e. The zero-order valence-electron chi connectivity index (χ0n) is 9.90. The van der Waals surface area contributed by atoms with Crippen molar-refractivity contribution >= 4 is 27.3 Å². The molecule has 1 aliphatic heterocycles. The lowest BCUT2D eigenvalue weighted by atomic mass is 9.91. The van der Waals surface area contributed by atoms with E-state index in [4.69, 9.17) is 5.73 Å². The molecule has 3 nitrogen and oxygen atoms in total. The number of hydrogen-bond acceptors (Lipinski definition) is 3. The molecule has 2 fully saturated rings. The molecular weight excluding hydrogens is 278 g/mol. The second-order valence-electron chi connectivity index (χ2n) is 5.15. The second kappa shape index (κ2) is 4.48. The van der Waals surface area contributed by atoms with Crippen LogP contribution in [0.5, 0.6) is 0 Å². The van der Waals surface area contributed by atoms with Crippen LogP contribution in [0.25, 0.3) is 0 Å². The molecule has 0 spiro atoms. The molecule has 1 saturated carbocycles. The number of fused-ring (bicyclic) bond motifs is 1. The molecule has 0 radical (unpaired) electrons. The van der Waals surface area contributed by atoms with E-state index in [0.29, 0.717) is 6.04 Å². The summed E-state index contributed by atoms with van der Waals surface area (Å²) in [4.78, 5) is 6.64. The monoisotopic (exact) mass is 295 g/mol. The Hall–Kier alpha value is -0.770. The number of aromatic nitrogens is 1. The van der Waals surface area contributed by atoms with E-state index >= 15 is 0 Å². The summed E-state index contributed by atoms with van der Waals surface area (Å²) in [5.41, 5.74) is 8.06. The summed E-state index contributed by atoms with van der Waals surface area (Å²) in [6.07, 6.45) is 10.4. The van der Waals surface area contributed by atoms with Gasteiger partial charge in [0.1, 0.15) is 0 Å². The van der Waals surface area contributed by atoms with Crippen molar-refractivity contribution in [2.75, 3.05) is 17.2 Å². The van der Waals surface area contributed by atoms with Gasteiger partial charge in [-0.05, 0) is 47.5 Å². The van der Waals surface area contributed by atoms with Crippen molar-refractivity contribution in [1.29, 1.82) is 0 Å². The summed E-state index contributed by atoms with van der Waals surface area (Å²) in [5, 5.41) is 0. The van der Waals surface area contributed by atoms with Crippen LogP contribution in [0.4, 0.5) is 11.4 Å². The van der Waals surface area contributed by atoms with Crippen LogP contribution in [0, 0.1) is 5.92 Å². The zero-order valence-corrected chi connectivity index (χ0v) is 11.5. The third-order valence-corrected chi connectivity index (χ3v) is 4.76. The number of piperidine rings is 1. The normalized spacial score (nSPS) is 28.2. The average molecular weight is 296 g/mol. The fourth-order valence-electron chi connectivity index (χ4n) is 3.48. The molecule has 1 aromatic rings. The number of hydrogen-bond donors (Lipinski definition) is 1. The Labute approximate surface area is 111 Å². The Morgan fingerprint density at radius 1 is 1.24 bits per heavy atom. The molecule has 0 aromatic carbocycles. The molecule has 2 atom stereocenters. The van der Waals surface area contributed by atoms with Crippen LogP contribution in [-0.2, 0) is 0 Å². The molecule has 1 aromatic heterocycles. The molecule has 17 heavy (non-hydrogen) atoms. The molecule has 2 aliphatic rings. The summed E-state index contributed by atoms with van der Waals surface area (Å²) < 4.78 is 1.03. The van der Waals surface area contributed by atoms with Crippen LogP contribution < -0.4 is 10.6 Å². The van der Waals surface area contributed by atoms with Gasteiger partial charge in [-0.15, -0.1) is 0 Å². The minimum atomic E-state index is 0.699. The molecule has 3 rings (SSSR count). The van der Waals surface area contributed by atoms with Gasteiger partial charge in [-0.25, -0.2) is 0 Å². The van der Waals surface area contributed by atoms with Crippen molar-refractivity contribution in [3.63, 3.8) is 0 Å². The van der Waals surface area contributed by atoms with Crippen molar-refractivity contribution in [3.8, 4) is 0 Å². The maximum Gasteiger partial charge on any atom is 0.0778 e. The van der Waals surface area contributed by atoms with Gasteiger partial charge in [-0.2, -0.15) is 0 Å². The van der Waals surface area contributed by atoms with E-state index in [-0.39, 0.29) is 0 Å². The number of pyridine rings is 1. The Balaban J connectivity index is 1.97. The van der Waals surface area contributed by atoms with Gasteiger partial charge in [0.2, 0.25) is 0 Å². The first-order chi connectivity index (χ1) is 8.27.